The topological polar surface area (TPSA) is 43.1 Å². The second-order valence-corrected chi connectivity index (χ2v) is 16.1. The van der Waals surface area contributed by atoms with Gasteiger partial charge in [0.15, 0.2) is 5.82 Å². The number of hydrogen-bond donors (Lipinski definition) is 0. The normalized spacial score (nSPS) is 13.1. The van der Waals surface area contributed by atoms with Gasteiger partial charge in [-0.25, -0.2) is 4.98 Å². The molecule has 0 unspecified atom stereocenters. The first-order chi connectivity index (χ1) is 28.5. The molecular weight excluding hydrogens is 705 g/mol. The van der Waals surface area contributed by atoms with Crippen LogP contribution < -0.4 is 0 Å². The zero-order valence-corrected chi connectivity index (χ0v) is 32.1. The molecule has 1 aliphatic carbocycles. The van der Waals surface area contributed by atoms with Crippen molar-refractivity contribution in [2.45, 2.75) is 19.3 Å². The number of hydrogen-bond acceptors (Lipinski definition) is 3. The molecule has 0 aliphatic heterocycles. The van der Waals surface area contributed by atoms with Crippen molar-refractivity contribution < 1.29 is 0 Å². The van der Waals surface area contributed by atoms with Crippen molar-refractivity contribution in [1.82, 2.24) is 19.6 Å². The third-order valence-electron chi connectivity index (χ3n) is 12.4. The van der Waals surface area contributed by atoms with Gasteiger partial charge in [-0.05, 0) is 107 Å². The van der Waals surface area contributed by atoms with Crippen molar-refractivity contribution in [3.05, 3.63) is 193 Å². The first-order valence-corrected chi connectivity index (χ1v) is 19.9. The quantitative estimate of drug-likeness (QED) is 0.169. The van der Waals surface area contributed by atoms with Gasteiger partial charge in [0.1, 0.15) is 0 Å². The van der Waals surface area contributed by atoms with E-state index in [0.29, 0.717) is 11.6 Å². The van der Waals surface area contributed by atoms with Gasteiger partial charge in [0.25, 0.3) is 5.78 Å². The van der Waals surface area contributed by atoms with E-state index in [2.05, 4.69) is 196 Å². The predicted octanol–water partition coefficient (Wildman–Crippen LogP) is 13.7. The Morgan fingerprint density at radius 2 is 0.914 bits per heavy atom. The van der Waals surface area contributed by atoms with Crippen molar-refractivity contribution in [2.75, 3.05) is 0 Å². The van der Waals surface area contributed by atoms with E-state index in [-0.39, 0.29) is 5.41 Å². The molecular formula is C54H36N4. The summed E-state index contributed by atoms with van der Waals surface area (Å²) in [6.45, 7) is 4.63. The van der Waals surface area contributed by atoms with Crippen LogP contribution in [0.3, 0.4) is 0 Å². The lowest BCUT2D eigenvalue weighted by molar-refractivity contribution is 0.660. The minimum absolute atomic E-state index is 0.103. The molecule has 0 saturated carbocycles. The molecule has 0 fully saturated rings. The first-order valence-electron chi connectivity index (χ1n) is 19.9. The molecule has 0 saturated heterocycles. The van der Waals surface area contributed by atoms with E-state index in [1.165, 1.54) is 65.7 Å². The third kappa shape index (κ3) is 4.85. The molecule has 0 N–H and O–H groups in total. The monoisotopic (exact) mass is 740 g/mol. The largest absolute Gasteiger partial charge is 0.253 e. The Bertz CT molecular complexity index is 3460. The van der Waals surface area contributed by atoms with Crippen LogP contribution in [0, 0.1) is 0 Å². The molecule has 9 aromatic carbocycles. The second-order valence-electron chi connectivity index (χ2n) is 16.1. The van der Waals surface area contributed by atoms with E-state index in [4.69, 9.17) is 15.1 Å². The van der Waals surface area contributed by atoms with E-state index < -0.39 is 0 Å². The van der Waals surface area contributed by atoms with Gasteiger partial charge in [-0.2, -0.15) is 9.50 Å². The molecule has 4 heteroatoms. The molecule has 0 radical (unpaired) electrons. The molecule has 2 aromatic heterocycles. The van der Waals surface area contributed by atoms with Crippen molar-refractivity contribution in [3.8, 4) is 56.0 Å². The Morgan fingerprint density at radius 1 is 0.379 bits per heavy atom. The van der Waals surface area contributed by atoms with Crippen LogP contribution in [-0.4, -0.2) is 19.6 Å². The maximum Gasteiger partial charge on any atom is 0.253 e. The number of para-hydroxylation sites is 1. The fourth-order valence-electron chi connectivity index (χ4n) is 9.55. The Morgan fingerprint density at radius 3 is 1.64 bits per heavy atom. The van der Waals surface area contributed by atoms with E-state index in [1.54, 1.807) is 0 Å². The number of fused-ring (bicyclic) bond motifs is 12. The van der Waals surface area contributed by atoms with E-state index >= 15 is 0 Å². The Hall–Kier alpha value is -7.43. The summed E-state index contributed by atoms with van der Waals surface area (Å²) in [7, 11) is 0. The minimum atomic E-state index is -0.103. The van der Waals surface area contributed by atoms with Gasteiger partial charge in [0.2, 0.25) is 0 Å². The van der Waals surface area contributed by atoms with Gasteiger partial charge in [-0.1, -0.05) is 166 Å². The number of rotatable bonds is 4. The van der Waals surface area contributed by atoms with Crippen LogP contribution >= 0.6 is 0 Å². The summed E-state index contributed by atoms with van der Waals surface area (Å²) in [4.78, 5) is 10.3. The van der Waals surface area contributed by atoms with Gasteiger partial charge < -0.3 is 0 Å². The lowest BCUT2D eigenvalue weighted by Crippen LogP contribution is -2.15. The third-order valence-corrected chi connectivity index (χ3v) is 12.4. The number of nitrogens with zero attached hydrogens (tertiary/aromatic N) is 4. The Kier molecular flexibility index (Phi) is 6.94. The average molecular weight is 741 g/mol. The lowest BCUT2D eigenvalue weighted by Gasteiger charge is -2.22. The number of benzene rings is 9. The van der Waals surface area contributed by atoms with Crippen molar-refractivity contribution in [3.63, 3.8) is 0 Å². The summed E-state index contributed by atoms with van der Waals surface area (Å²) in [5.41, 5.74) is 13.7. The fraction of sp³-hybridized carbons (Fsp3) is 0.0556. The highest BCUT2D eigenvalue weighted by Crippen LogP contribution is 2.50. The van der Waals surface area contributed by atoms with Crippen molar-refractivity contribution in [2.24, 2.45) is 0 Å². The van der Waals surface area contributed by atoms with Gasteiger partial charge in [-0.3, -0.25) is 0 Å². The maximum absolute atomic E-state index is 5.21. The van der Waals surface area contributed by atoms with Crippen LogP contribution in [-0.2, 0) is 5.41 Å². The lowest BCUT2D eigenvalue weighted by atomic mass is 9.82. The average Bonchev–Trinajstić information content (AvgIpc) is 3.82. The molecule has 11 aromatic rings. The maximum atomic E-state index is 5.21. The van der Waals surface area contributed by atoms with E-state index in [1.807, 2.05) is 4.52 Å². The molecule has 4 nitrogen and oxygen atoms in total. The van der Waals surface area contributed by atoms with Crippen LogP contribution in [0.4, 0.5) is 0 Å². The second kappa shape index (κ2) is 12.3. The summed E-state index contributed by atoms with van der Waals surface area (Å²) >= 11 is 0. The highest BCUT2D eigenvalue weighted by Gasteiger charge is 2.35. The fourth-order valence-corrected chi connectivity index (χ4v) is 9.55. The summed E-state index contributed by atoms with van der Waals surface area (Å²) in [5.74, 6) is 1.22. The van der Waals surface area contributed by atoms with Crippen molar-refractivity contribution >= 4 is 49.0 Å². The standard InChI is InChI=1S/C54H36N4/c1-54(2)48-23-9-7-21-44(48)45-28-26-37(32-49(45)54)51-46-22-8-10-24-50(46)58-53(55-51)56-52(57-58)38-16-12-15-35(30-38)33-13-11-14-34(29-33)36-25-27-43-41-19-4-3-17-39(41)40-18-5-6-20-42(40)47(43)31-36/h3-32H,1-2H3. The number of aromatic nitrogens is 4. The molecule has 0 atom stereocenters. The van der Waals surface area contributed by atoms with Crippen LogP contribution in [0.25, 0.3) is 105 Å². The summed E-state index contributed by atoms with van der Waals surface area (Å²) in [6.07, 6.45) is 0. The molecule has 0 amide bonds. The van der Waals surface area contributed by atoms with Gasteiger partial charge in [0, 0.05) is 21.9 Å². The van der Waals surface area contributed by atoms with Gasteiger partial charge >= 0.3 is 0 Å². The van der Waals surface area contributed by atoms with Crippen molar-refractivity contribution in [1.29, 1.82) is 0 Å². The predicted molar refractivity (Wildman–Crippen MR) is 240 cm³/mol. The SMILES string of the molecule is CC1(C)c2ccccc2-c2ccc(-c3nc4nc(-c5cccc(-c6cccc(-c7ccc8c9ccccc9c9ccccc9c8c7)c6)c5)nn4c4ccccc34)cc21. The molecule has 58 heavy (non-hydrogen) atoms. The van der Waals surface area contributed by atoms with Crippen LogP contribution in [0.5, 0.6) is 0 Å². The summed E-state index contributed by atoms with van der Waals surface area (Å²) < 4.78 is 1.89. The zero-order chi connectivity index (χ0) is 38.5. The summed E-state index contributed by atoms with van der Waals surface area (Å²) in [5, 5.41) is 13.8. The molecule has 272 valence electrons. The molecule has 0 bridgehead atoms. The smallest absolute Gasteiger partial charge is 0.210 e. The minimum Gasteiger partial charge on any atom is -0.210 e. The molecule has 2 heterocycles. The molecule has 1 aliphatic rings. The summed E-state index contributed by atoms with van der Waals surface area (Å²) in [6, 6.07) is 65.7. The Balaban J connectivity index is 0.932. The highest BCUT2D eigenvalue weighted by atomic mass is 15.3. The molecule has 0 spiro atoms. The first kappa shape index (κ1) is 32.8. The van der Waals surface area contributed by atoms with Crippen LogP contribution in [0.15, 0.2) is 182 Å². The van der Waals surface area contributed by atoms with E-state index in [0.717, 1.165) is 38.9 Å². The Labute approximate surface area is 335 Å². The van der Waals surface area contributed by atoms with Gasteiger partial charge in [0.05, 0.1) is 11.2 Å². The van der Waals surface area contributed by atoms with Crippen LogP contribution in [0.1, 0.15) is 25.0 Å². The highest BCUT2D eigenvalue weighted by molar-refractivity contribution is 6.25. The van der Waals surface area contributed by atoms with E-state index in [9.17, 15) is 0 Å². The van der Waals surface area contributed by atoms with Crippen LogP contribution in [0.2, 0.25) is 0 Å². The van der Waals surface area contributed by atoms with Gasteiger partial charge in [-0.15, -0.1) is 5.10 Å². The zero-order valence-electron chi connectivity index (χ0n) is 32.1. The molecule has 12 rings (SSSR count).